The van der Waals surface area contributed by atoms with Crippen molar-refractivity contribution in [2.24, 2.45) is 0 Å². The van der Waals surface area contributed by atoms with Crippen molar-refractivity contribution >= 4 is 5.82 Å². The van der Waals surface area contributed by atoms with E-state index >= 15 is 0 Å². The van der Waals surface area contributed by atoms with Gasteiger partial charge in [0.25, 0.3) is 0 Å². The van der Waals surface area contributed by atoms with Crippen molar-refractivity contribution in [1.29, 1.82) is 0 Å². The van der Waals surface area contributed by atoms with Gasteiger partial charge in [-0.15, -0.1) is 0 Å². The number of aromatic nitrogens is 1. The molecule has 2 heterocycles. The van der Waals surface area contributed by atoms with Gasteiger partial charge >= 0.3 is 0 Å². The van der Waals surface area contributed by atoms with Crippen LogP contribution in [0.5, 0.6) is 0 Å². The molecule has 0 saturated carbocycles. The Morgan fingerprint density at radius 3 is 2.76 bits per heavy atom. The zero-order chi connectivity index (χ0) is 12.1. The summed E-state index contributed by atoms with van der Waals surface area (Å²) in [6.45, 7) is 4.63. The minimum Gasteiger partial charge on any atom is -0.468 e. The molecule has 17 heavy (non-hydrogen) atoms. The minimum atomic E-state index is 0.566. The SMILES string of the molecule is CCN(Cc1cccc(N)n1)Cc1ccco1. The van der Waals surface area contributed by atoms with Gasteiger partial charge in [0.05, 0.1) is 18.5 Å². The van der Waals surface area contributed by atoms with E-state index in [4.69, 9.17) is 10.2 Å². The first-order valence-corrected chi connectivity index (χ1v) is 5.74. The third-order valence-electron chi connectivity index (χ3n) is 2.62. The molecule has 0 bridgehead atoms. The smallest absolute Gasteiger partial charge is 0.123 e. The van der Waals surface area contributed by atoms with Gasteiger partial charge in [0.2, 0.25) is 0 Å². The number of hydrogen-bond donors (Lipinski definition) is 1. The second-order valence-corrected chi connectivity index (χ2v) is 3.94. The second kappa shape index (κ2) is 5.50. The molecule has 0 radical (unpaired) electrons. The lowest BCUT2D eigenvalue weighted by Crippen LogP contribution is -2.22. The van der Waals surface area contributed by atoms with E-state index in [2.05, 4.69) is 16.8 Å². The highest BCUT2D eigenvalue weighted by Crippen LogP contribution is 2.09. The van der Waals surface area contributed by atoms with Gasteiger partial charge in [0.1, 0.15) is 11.6 Å². The quantitative estimate of drug-likeness (QED) is 0.857. The van der Waals surface area contributed by atoms with E-state index in [9.17, 15) is 0 Å². The summed E-state index contributed by atoms with van der Waals surface area (Å²) in [5.41, 5.74) is 6.65. The highest BCUT2D eigenvalue weighted by molar-refractivity contribution is 5.28. The standard InChI is InChI=1S/C13H17N3O/c1-2-16(10-12-6-4-8-17-12)9-11-5-3-7-13(14)15-11/h3-8H,2,9-10H2,1H3,(H2,14,15). The maximum Gasteiger partial charge on any atom is 0.123 e. The van der Waals surface area contributed by atoms with Crippen LogP contribution in [0, 0.1) is 0 Å². The fourth-order valence-corrected chi connectivity index (χ4v) is 1.72. The number of nitrogens with zero attached hydrogens (tertiary/aromatic N) is 2. The van der Waals surface area contributed by atoms with Crippen LogP contribution in [-0.4, -0.2) is 16.4 Å². The van der Waals surface area contributed by atoms with Gasteiger partial charge in [-0.05, 0) is 30.8 Å². The summed E-state index contributed by atoms with van der Waals surface area (Å²) >= 11 is 0. The highest BCUT2D eigenvalue weighted by atomic mass is 16.3. The average molecular weight is 231 g/mol. The molecule has 0 unspecified atom stereocenters. The lowest BCUT2D eigenvalue weighted by Gasteiger charge is -2.18. The van der Waals surface area contributed by atoms with Crippen LogP contribution in [0.1, 0.15) is 18.4 Å². The number of nitrogens with two attached hydrogens (primary N) is 1. The molecule has 4 heteroatoms. The molecule has 2 aromatic heterocycles. The van der Waals surface area contributed by atoms with Crippen LogP contribution in [0.15, 0.2) is 41.0 Å². The minimum absolute atomic E-state index is 0.566. The normalized spacial score (nSPS) is 10.9. The molecule has 0 saturated heterocycles. The predicted molar refractivity (Wildman–Crippen MR) is 67.1 cm³/mol. The van der Waals surface area contributed by atoms with Gasteiger partial charge in [0.15, 0.2) is 0 Å². The zero-order valence-corrected chi connectivity index (χ0v) is 9.97. The fourth-order valence-electron chi connectivity index (χ4n) is 1.72. The van der Waals surface area contributed by atoms with E-state index in [1.807, 2.05) is 24.3 Å². The third kappa shape index (κ3) is 3.32. The molecule has 2 rings (SSSR count). The van der Waals surface area contributed by atoms with Gasteiger partial charge in [-0.3, -0.25) is 4.90 Å². The van der Waals surface area contributed by atoms with Crippen molar-refractivity contribution in [3.05, 3.63) is 48.0 Å². The summed E-state index contributed by atoms with van der Waals surface area (Å²) in [6, 6.07) is 9.60. The van der Waals surface area contributed by atoms with Crippen LogP contribution in [-0.2, 0) is 13.1 Å². The molecular formula is C13H17N3O. The Morgan fingerprint density at radius 1 is 1.24 bits per heavy atom. The number of anilines is 1. The Bertz CT molecular complexity index is 453. The maximum atomic E-state index is 5.66. The van der Waals surface area contributed by atoms with Crippen LogP contribution < -0.4 is 5.73 Å². The summed E-state index contributed by atoms with van der Waals surface area (Å²) in [4.78, 5) is 6.55. The van der Waals surface area contributed by atoms with E-state index in [-0.39, 0.29) is 0 Å². The van der Waals surface area contributed by atoms with E-state index in [1.165, 1.54) is 0 Å². The van der Waals surface area contributed by atoms with Crippen LogP contribution in [0.4, 0.5) is 5.82 Å². The Morgan fingerprint density at radius 2 is 2.12 bits per heavy atom. The van der Waals surface area contributed by atoms with Gasteiger partial charge in [-0.2, -0.15) is 0 Å². The molecule has 0 aliphatic heterocycles. The number of rotatable bonds is 5. The number of nitrogen functional groups attached to an aromatic ring is 1. The maximum absolute atomic E-state index is 5.66. The molecule has 0 amide bonds. The molecule has 2 N–H and O–H groups in total. The monoisotopic (exact) mass is 231 g/mol. The summed E-state index contributed by atoms with van der Waals surface area (Å²) in [6.07, 6.45) is 1.70. The van der Waals surface area contributed by atoms with Crippen molar-refractivity contribution in [3.63, 3.8) is 0 Å². The molecule has 0 aliphatic carbocycles. The second-order valence-electron chi connectivity index (χ2n) is 3.94. The number of furan rings is 1. The first-order chi connectivity index (χ1) is 8.28. The van der Waals surface area contributed by atoms with E-state index in [1.54, 1.807) is 12.3 Å². The first kappa shape index (κ1) is 11.7. The Hall–Kier alpha value is -1.81. The summed E-state index contributed by atoms with van der Waals surface area (Å²) in [5, 5.41) is 0. The molecule has 0 aromatic carbocycles. The largest absolute Gasteiger partial charge is 0.468 e. The van der Waals surface area contributed by atoms with Crippen molar-refractivity contribution in [3.8, 4) is 0 Å². The molecule has 0 spiro atoms. The molecule has 0 aliphatic rings. The van der Waals surface area contributed by atoms with Crippen molar-refractivity contribution in [1.82, 2.24) is 9.88 Å². The summed E-state index contributed by atoms with van der Waals surface area (Å²) < 4.78 is 5.34. The van der Waals surface area contributed by atoms with Crippen LogP contribution in [0.3, 0.4) is 0 Å². The molecule has 0 atom stereocenters. The number of hydrogen-bond acceptors (Lipinski definition) is 4. The van der Waals surface area contributed by atoms with Crippen LogP contribution in [0.2, 0.25) is 0 Å². The van der Waals surface area contributed by atoms with E-state index in [0.29, 0.717) is 5.82 Å². The topological polar surface area (TPSA) is 55.3 Å². The van der Waals surface area contributed by atoms with E-state index in [0.717, 1.165) is 31.1 Å². The zero-order valence-electron chi connectivity index (χ0n) is 9.97. The van der Waals surface area contributed by atoms with Gasteiger partial charge in [-0.1, -0.05) is 13.0 Å². The van der Waals surface area contributed by atoms with Crippen LogP contribution >= 0.6 is 0 Å². The van der Waals surface area contributed by atoms with Gasteiger partial charge < -0.3 is 10.2 Å². The lowest BCUT2D eigenvalue weighted by atomic mass is 10.3. The Kier molecular flexibility index (Phi) is 3.77. The molecule has 0 fully saturated rings. The third-order valence-corrected chi connectivity index (χ3v) is 2.62. The van der Waals surface area contributed by atoms with Gasteiger partial charge in [-0.25, -0.2) is 4.98 Å². The van der Waals surface area contributed by atoms with Crippen molar-refractivity contribution < 1.29 is 4.42 Å². The molecular weight excluding hydrogens is 214 g/mol. The van der Waals surface area contributed by atoms with Crippen LogP contribution in [0.25, 0.3) is 0 Å². The van der Waals surface area contributed by atoms with Gasteiger partial charge in [0, 0.05) is 6.54 Å². The summed E-state index contributed by atoms with van der Waals surface area (Å²) in [7, 11) is 0. The first-order valence-electron chi connectivity index (χ1n) is 5.74. The Labute approximate surface area is 101 Å². The van der Waals surface area contributed by atoms with Crippen molar-refractivity contribution in [2.45, 2.75) is 20.0 Å². The molecule has 2 aromatic rings. The fraction of sp³-hybridized carbons (Fsp3) is 0.308. The van der Waals surface area contributed by atoms with E-state index < -0.39 is 0 Å². The number of pyridine rings is 1. The average Bonchev–Trinajstić information content (AvgIpc) is 2.81. The highest BCUT2D eigenvalue weighted by Gasteiger charge is 2.07. The Balaban J connectivity index is 2.00. The lowest BCUT2D eigenvalue weighted by molar-refractivity contribution is 0.245. The van der Waals surface area contributed by atoms with Crippen molar-refractivity contribution in [2.75, 3.05) is 12.3 Å². The molecule has 90 valence electrons. The summed E-state index contributed by atoms with van der Waals surface area (Å²) in [5.74, 6) is 1.53. The predicted octanol–water partition coefficient (Wildman–Crippen LogP) is 2.28. The molecule has 4 nitrogen and oxygen atoms in total.